The zero-order valence-corrected chi connectivity index (χ0v) is 8.36. The molecule has 0 aliphatic rings. The Hall–Kier alpha value is -2.73. The lowest BCUT2D eigenvalue weighted by molar-refractivity contribution is -0.784. The molecule has 1 aromatic rings. The molecule has 0 aromatic heterocycles. The first-order valence-electron chi connectivity index (χ1n) is 4.31. The summed E-state index contributed by atoms with van der Waals surface area (Å²) in [5, 5.41) is 29.7. The first-order valence-corrected chi connectivity index (χ1v) is 4.31. The lowest BCUT2D eigenvalue weighted by atomic mass is 10.3. The van der Waals surface area contributed by atoms with Crippen LogP contribution in [0.15, 0.2) is 30.3 Å². The van der Waals surface area contributed by atoms with Gasteiger partial charge in [0.15, 0.2) is 0 Å². The van der Waals surface area contributed by atoms with Crippen LogP contribution in [-0.4, -0.2) is 15.6 Å². The van der Waals surface area contributed by atoms with Gasteiger partial charge in [0.1, 0.15) is 9.85 Å². The average Bonchev–Trinajstić information content (AvgIpc) is 2.31. The van der Waals surface area contributed by atoms with Crippen LogP contribution in [0.25, 0.3) is 0 Å². The molecule has 0 amide bonds. The van der Waals surface area contributed by atoms with Gasteiger partial charge in [0.2, 0.25) is 0 Å². The van der Waals surface area contributed by atoms with Gasteiger partial charge < -0.3 is 5.43 Å². The fraction of sp³-hybridized carbons (Fsp3) is 0.125. The van der Waals surface area contributed by atoms with E-state index in [4.69, 9.17) is 5.26 Å². The third-order valence-corrected chi connectivity index (χ3v) is 1.84. The highest BCUT2D eigenvalue weighted by molar-refractivity contribution is 5.41. The van der Waals surface area contributed by atoms with Crippen LogP contribution in [0.1, 0.15) is 0 Å². The number of rotatable bonds is 5. The van der Waals surface area contributed by atoms with Crippen molar-refractivity contribution in [2.45, 2.75) is 5.79 Å². The van der Waals surface area contributed by atoms with Crippen molar-refractivity contribution >= 4 is 5.69 Å². The summed E-state index contributed by atoms with van der Waals surface area (Å²) in [5.41, 5.74) is 4.39. The number of hydrazine groups is 1. The van der Waals surface area contributed by atoms with E-state index < -0.39 is 15.6 Å². The number of anilines is 1. The summed E-state index contributed by atoms with van der Waals surface area (Å²) in [4.78, 5) is 18.5. The molecular formula is C8H7N5O4. The summed E-state index contributed by atoms with van der Waals surface area (Å²) in [6.07, 6.45) is 0. The topological polar surface area (TPSA) is 134 Å². The Bertz CT molecular complexity index is 455. The Morgan fingerprint density at radius 1 is 1.18 bits per heavy atom. The van der Waals surface area contributed by atoms with Gasteiger partial charge >= 0.3 is 5.79 Å². The molecule has 17 heavy (non-hydrogen) atoms. The molecule has 0 saturated carbocycles. The minimum atomic E-state index is -3.12. The van der Waals surface area contributed by atoms with Crippen LogP contribution in [0.2, 0.25) is 0 Å². The SMILES string of the molecule is N#CC(NNc1ccccc1)([N+](=O)[O-])[N+](=O)[O-]. The fourth-order valence-electron chi connectivity index (χ4n) is 0.948. The van der Waals surface area contributed by atoms with E-state index in [-0.39, 0.29) is 0 Å². The van der Waals surface area contributed by atoms with Crippen molar-refractivity contribution in [3.05, 3.63) is 50.6 Å². The van der Waals surface area contributed by atoms with Crippen LogP contribution >= 0.6 is 0 Å². The molecule has 1 rings (SSSR count). The van der Waals surface area contributed by atoms with Gasteiger partial charge in [-0.25, -0.2) is 0 Å². The zero-order chi connectivity index (χ0) is 12.9. The van der Waals surface area contributed by atoms with E-state index in [9.17, 15) is 20.2 Å². The predicted octanol–water partition coefficient (Wildman–Crippen LogP) is 0.334. The first kappa shape index (κ1) is 12.3. The number of nitriles is 1. The highest BCUT2D eigenvalue weighted by Crippen LogP contribution is 2.08. The molecule has 0 bridgehead atoms. The Morgan fingerprint density at radius 2 is 1.71 bits per heavy atom. The van der Waals surface area contributed by atoms with Crippen LogP contribution in [0.4, 0.5) is 5.69 Å². The van der Waals surface area contributed by atoms with Gasteiger partial charge in [0.05, 0.1) is 0 Å². The van der Waals surface area contributed by atoms with Crippen molar-refractivity contribution in [3.8, 4) is 6.07 Å². The molecule has 0 radical (unpaired) electrons. The number of benzene rings is 1. The normalized spacial score (nSPS) is 10.3. The number of hydrogen-bond acceptors (Lipinski definition) is 7. The average molecular weight is 237 g/mol. The lowest BCUT2D eigenvalue weighted by Crippen LogP contribution is -2.59. The molecule has 0 atom stereocenters. The molecule has 0 heterocycles. The maximum atomic E-state index is 10.6. The monoisotopic (exact) mass is 237 g/mol. The maximum absolute atomic E-state index is 10.6. The first-order chi connectivity index (χ1) is 8.03. The molecule has 88 valence electrons. The standard InChI is InChI=1S/C8H7N5O4/c9-6-8(12(14)15,13(16)17)11-10-7-4-2-1-3-5-7/h1-5,10-11H. The maximum Gasteiger partial charge on any atom is 0.626 e. The molecule has 0 aliphatic heterocycles. The molecule has 0 fully saturated rings. The summed E-state index contributed by atoms with van der Waals surface area (Å²) >= 11 is 0. The van der Waals surface area contributed by atoms with Crippen LogP contribution in [-0.2, 0) is 0 Å². The van der Waals surface area contributed by atoms with Crippen LogP contribution in [0.5, 0.6) is 0 Å². The highest BCUT2D eigenvalue weighted by atomic mass is 16.7. The molecule has 2 N–H and O–H groups in total. The Morgan fingerprint density at radius 3 is 2.12 bits per heavy atom. The van der Waals surface area contributed by atoms with E-state index in [1.54, 1.807) is 23.6 Å². The van der Waals surface area contributed by atoms with Crippen molar-refractivity contribution in [1.29, 1.82) is 5.26 Å². The minimum absolute atomic E-state index is 0.357. The third-order valence-electron chi connectivity index (χ3n) is 1.84. The molecule has 0 saturated heterocycles. The Balaban J connectivity index is 2.87. The quantitative estimate of drug-likeness (QED) is 0.428. The summed E-state index contributed by atoms with van der Waals surface area (Å²) in [6.45, 7) is 0. The van der Waals surface area contributed by atoms with Gasteiger partial charge in [-0.3, -0.25) is 20.2 Å². The van der Waals surface area contributed by atoms with Crippen LogP contribution in [0, 0.1) is 31.6 Å². The van der Waals surface area contributed by atoms with Gasteiger partial charge in [0.25, 0.3) is 6.07 Å². The summed E-state index contributed by atoms with van der Waals surface area (Å²) in [6, 6.07) is 9.00. The Kier molecular flexibility index (Phi) is 3.53. The predicted molar refractivity (Wildman–Crippen MR) is 55.5 cm³/mol. The van der Waals surface area contributed by atoms with Gasteiger partial charge in [0, 0.05) is 5.69 Å². The van der Waals surface area contributed by atoms with Crippen molar-refractivity contribution in [3.63, 3.8) is 0 Å². The summed E-state index contributed by atoms with van der Waals surface area (Å²) in [7, 11) is 0. The van der Waals surface area contributed by atoms with E-state index in [0.29, 0.717) is 5.69 Å². The van der Waals surface area contributed by atoms with E-state index in [0.717, 1.165) is 6.07 Å². The fourth-order valence-corrected chi connectivity index (χ4v) is 0.948. The Labute approximate surface area is 94.9 Å². The van der Waals surface area contributed by atoms with Crippen molar-refractivity contribution in [2.75, 3.05) is 5.43 Å². The third kappa shape index (κ3) is 2.44. The molecular weight excluding hydrogens is 230 g/mol. The van der Waals surface area contributed by atoms with Gasteiger partial charge in [-0.2, -0.15) is 5.26 Å². The van der Waals surface area contributed by atoms with E-state index in [2.05, 4.69) is 5.43 Å². The lowest BCUT2D eigenvalue weighted by Gasteiger charge is -2.12. The number of para-hydroxylation sites is 1. The molecule has 1 aromatic carbocycles. The summed E-state index contributed by atoms with van der Waals surface area (Å²) < 4.78 is 0. The van der Waals surface area contributed by atoms with E-state index in [1.807, 2.05) is 0 Å². The van der Waals surface area contributed by atoms with Crippen LogP contribution < -0.4 is 10.9 Å². The smallest absolute Gasteiger partial charge is 0.309 e. The van der Waals surface area contributed by atoms with Crippen molar-refractivity contribution in [2.24, 2.45) is 0 Å². The second-order valence-electron chi connectivity index (χ2n) is 2.91. The molecule has 9 heteroatoms. The highest BCUT2D eigenvalue weighted by Gasteiger charge is 2.58. The number of nitro groups is 2. The number of hydrogen-bond donors (Lipinski definition) is 2. The molecule has 0 unspecified atom stereocenters. The second kappa shape index (κ2) is 4.86. The van der Waals surface area contributed by atoms with E-state index >= 15 is 0 Å². The van der Waals surface area contributed by atoms with Crippen molar-refractivity contribution in [1.82, 2.24) is 5.43 Å². The zero-order valence-electron chi connectivity index (χ0n) is 8.36. The van der Waals surface area contributed by atoms with Crippen LogP contribution in [0.3, 0.4) is 0 Å². The largest absolute Gasteiger partial charge is 0.626 e. The van der Waals surface area contributed by atoms with Crippen molar-refractivity contribution < 1.29 is 9.85 Å². The number of nitrogens with one attached hydrogen (secondary N) is 2. The molecule has 0 spiro atoms. The van der Waals surface area contributed by atoms with Gasteiger partial charge in [-0.05, 0) is 12.1 Å². The second-order valence-corrected chi connectivity index (χ2v) is 2.91. The van der Waals surface area contributed by atoms with Gasteiger partial charge in [-0.15, -0.1) is 0 Å². The van der Waals surface area contributed by atoms with Gasteiger partial charge in [-0.1, -0.05) is 23.6 Å². The minimum Gasteiger partial charge on any atom is -0.309 e. The molecule has 9 nitrogen and oxygen atoms in total. The van der Waals surface area contributed by atoms with E-state index in [1.165, 1.54) is 12.1 Å². The summed E-state index contributed by atoms with van der Waals surface area (Å²) in [5.74, 6) is -3.12. The number of nitrogens with zero attached hydrogens (tertiary/aromatic N) is 3. The molecule has 0 aliphatic carbocycles.